The first-order chi connectivity index (χ1) is 16.8. The van der Waals surface area contributed by atoms with Crippen LogP contribution in [-0.4, -0.2) is 18.2 Å². The lowest BCUT2D eigenvalue weighted by Gasteiger charge is -2.10. The molecular weight excluding hydrogens is 501 g/mol. The molecule has 0 atom stereocenters. The highest BCUT2D eigenvalue weighted by molar-refractivity contribution is 7.19. The fourth-order valence-electron chi connectivity index (χ4n) is 3.49. The Hall–Kier alpha value is -3.32. The molecule has 0 saturated heterocycles. The largest absolute Gasteiger partial charge is 0.397 e. The van der Waals surface area contributed by atoms with Crippen molar-refractivity contribution >= 4 is 62.6 Å². The molecule has 1 heterocycles. The predicted molar refractivity (Wildman–Crippen MR) is 146 cm³/mol. The van der Waals surface area contributed by atoms with Crippen LogP contribution >= 0.6 is 34.5 Å². The number of nitrogens with one attached hydrogen (secondary N) is 2. The molecule has 0 saturated carbocycles. The highest BCUT2D eigenvalue weighted by Crippen LogP contribution is 2.39. The third-order valence-electron chi connectivity index (χ3n) is 5.41. The number of nitrogens with two attached hydrogens (primary N) is 1. The summed E-state index contributed by atoms with van der Waals surface area (Å²) in [7, 11) is 0. The molecule has 35 heavy (non-hydrogen) atoms. The Labute approximate surface area is 217 Å². The summed E-state index contributed by atoms with van der Waals surface area (Å²) >= 11 is 13.1. The van der Waals surface area contributed by atoms with Crippen molar-refractivity contribution in [2.75, 3.05) is 17.6 Å². The number of hydrogen-bond acceptors (Lipinski definition) is 5. The Bertz CT molecular complexity index is 1350. The van der Waals surface area contributed by atoms with E-state index in [-0.39, 0.29) is 22.9 Å². The van der Waals surface area contributed by atoms with E-state index in [2.05, 4.69) is 10.6 Å². The summed E-state index contributed by atoms with van der Waals surface area (Å²) in [5, 5.41) is 7.88. The number of rotatable bonds is 8. The minimum Gasteiger partial charge on any atom is -0.397 e. The zero-order valence-corrected chi connectivity index (χ0v) is 21.2. The smallest absolute Gasteiger partial charge is 0.256 e. The van der Waals surface area contributed by atoms with Crippen LogP contribution in [0.2, 0.25) is 10.0 Å². The maximum absolute atomic E-state index is 13.2. The topological polar surface area (TPSA) is 84.2 Å². The zero-order valence-electron chi connectivity index (χ0n) is 18.9. The number of aryl methyl sites for hydroxylation is 1. The van der Waals surface area contributed by atoms with Gasteiger partial charge in [0.15, 0.2) is 0 Å². The van der Waals surface area contributed by atoms with Gasteiger partial charge in [-0.1, -0.05) is 53.0 Å². The van der Waals surface area contributed by atoms with Gasteiger partial charge in [0.05, 0.1) is 11.3 Å². The molecule has 4 rings (SSSR count). The molecule has 3 aromatic carbocycles. The number of thiophene rings is 1. The van der Waals surface area contributed by atoms with Gasteiger partial charge in [0.1, 0.15) is 9.88 Å². The van der Waals surface area contributed by atoms with E-state index in [4.69, 9.17) is 28.9 Å². The number of amides is 1. The summed E-state index contributed by atoms with van der Waals surface area (Å²) in [5.41, 5.74) is 10.2. The summed E-state index contributed by atoms with van der Waals surface area (Å²) in [6.45, 7) is 2.40. The van der Waals surface area contributed by atoms with Gasteiger partial charge in [-0.3, -0.25) is 9.59 Å². The van der Waals surface area contributed by atoms with Crippen LogP contribution in [0.4, 0.5) is 16.4 Å². The van der Waals surface area contributed by atoms with Gasteiger partial charge in [-0.05, 0) is 67.4 Å². The molecule has 1 aromatic heterocycles. The van der Waals surface area contributed by atoms with Gasteiger partial charge >= 0.3 is 0 Å². The van der Waals surface area contributed by atoms with Crippen LogP contribution in [0, 0.1) is 6.92 Å². The number of halogens is 2. The summed E-state index contributed by atoms with van der Waals surface area (Å²) in [4.78, 5) is 26.7. The number of carbonyl (C=O) groups excluding carboxylic acids is 2. The minimum atomic E-state index is -0.350. The first kappa shape index (κ1) is 24.8. The lowest BCUT2D eigenvalue weighted by Crippen LogP contribution is -2.26. The molecule has 0 bridgehead atoms. The van der Waals surface area contributed by atoms with Crippen LogP contribution in [0.5, 0.6) is 0 Å². The third-order valence-corrected chi connectivity index (χ3v) is 7.03. The average molecular weight is 524 g/mol. The second-order valence-corrected chi connectivity index (χ2v) is 9.90. The molecule has 0 unspecified atom stereocenters. The fraction of sp³-hybridized carbons (Fsp3) is 0.111. The van der Waals surface area contributed by atoms with E-state index in [0.717, 1.165) is 28.2 Å². The van der Waals surface area contributed by atoms with Crippen LogP contribution in [0.3, 0.4) is 0 Å². The molecule has 5 nitrogen and oxygen atoms in total. The Kier molecular flexibility index (Phi) is 7.76. The summed E-state index contributed by atoms with van der Waals surface area (Å²) < 4.78 is 0. The Balaban J connectivity index is 1.61. The van der Waals surface area contributed by atoms with Gasteiger partial charge in [0.2, 0.25) is 5.78 Å². The molecule has 0 spiro atoms. The van der Waals surface area contributed by atoms with Gasteiger partial charge in [-0.25, -0.2) is 0 Å². The number of anilines is 3. The molecule has 0 aliphatic rings. The van der Waals surface area contributed by atoms with E-state index < -0.39 is 0 Å². The van der Waals surface area contributed by atoms with Crippen molar-refractivity contribution in [3.8, 4) is 0 Å². The number of hydrogen-bond donors (Lipinski definition) is 3. The van der Waals surface area contributed by atoms with E-state index in [1.54, 1.807) is 24.3 Å². The second-order valence-electron chi connectivity index (χ2n) is 8.01. The first-order valence-corrected chi connectivity index (χ1v) is 12.5. The summed E-state index contributed by atoms with van der Waals surface area (Å²) in [5.74, 6) is -0.617. The maximum atomic E-state index is 13.2. The molecular formula is C27H23Cl2N3O2S. The minimum absolute atomic E-state index is 0.147. The van der Waals surface area contributed by atoms with E-state index >= 15 is 0 Å². The molecule has 0 aliphatic carbocycles. The summed E-state index contributed by atoms with van der Waals surface area (Å²) in [6, 6.07) is 21.8. The van der Waals surface area contributed by atoms with Crippen LogP contribution in [0.15, 0.2) is 72.8 Å². The van der Waals surface area contributed by atoms with E-state index in [1.807, 2.05) is 55.5 Å². The first-order valence-electron chi connectivity index (χ1n) is 10.9. The van der Waals surface area contributed by atoms with Crippen LogP contribution in [-0.2, 0) is 6.42 Å². The average Bonchev–Trinajstić information content (AvgIpc) is 3.17. The van der Waals surface area contributed by atoms with Gasteiger partial charge in [-0.15, -0.1) is 11.3 Å². The van der Waals surface area contributed by atoms with Crippen LogP contribution in [0.25, 0.3) is 0 Å². The van der Waals surface area contributed by atoms with Crippen molar-refractivity contribution in [2.24, 2.45) is 0 Å². The van der Waals surface area contributed by atoms with E-state index in [0.29, 0.717) is 38.5 Å². The molecule has 1 amide bonds. The number of ketones is 1. The van der Waals surface area contributed by atoms with Crippen molar-refractivity contribution < 1.29 is 9.59 Å². The van der Waals surface area contributed by atoms with Crippen molar-refractivity contribution in [2.45, 2.75) is 13.3 Å². The standard InChI is InChI=1S/C27H23Cl2N3O2S/c1-16-2-12-21(13-3-16)32-27-22(26(34)31-15-14-17-4-8-19(28)9-5-17)23(30)25(35-27)24(33)18-6-10-20(29)11-7-18/h2-13,32H,14-15,30H2,1H3,(H,31,34). The van der Waals surface area contributed by atoms with Crippen molar-refractivity contribution in [1.82, 2.24) is 5.32 Å². The third kappa shape index (κ3) is 6.03. The van der Waals surface area contributed by atoms with E-state index in [1.165, 1.54) is 0 Å². The predicted octanol–water partition coefficient (Wildman–Crippen LogP) is 6.89. The molecule has 0 radical (unpaired) electrons. The Morgan fingerprint density at radius 3 is 2.11 bits per heavy atom. The molecule has 0 aliphatic heterocycles. The zero-order chi connectivity index (χ0) is 24.9. The monoisotopic (exact) mass is 523 g/mol. The molecule has 4 N–H and O–H groups in total. The molecule has 8 heteroatoms. The highest BCUT2D eigenvalue weighted by Gasteiger charge is 2.26. The van der Waals surface area contributed by atoms with Crippen LogP contribution in [0.1, 0.15) is 36.7 Å². The normalized spacial score (nSPS) is 10.7. The van der Waals surface area contributed by atoms with Crippen molar-refractivity contribution in [3.63, 3.8) is 0 Å². The highest BCUT2D eigenvalue weighted by atomic mass is 35.5. The van der Waals surface area contributed by atoms with Crippen molar-refractivity contribution in [1.29, 1.82) is 0 Å². The SMILES string of the molecule is Cc1ccc(Nc2sc(C(=O)c3ccc(Cl)cc3)c(N)c2C(=O)NCCc2ccc(Cl)cc2)cc1. The van der Waals surface area contributed by atoms with Gasteiger partial charge in [0.25, 0.3) is 5.91 Å². The van der Waals surface area contributed by atoms with Gasteiger partial charge in [0, 0.05) is 27.8 Å². The molecule has 4 aromatic rings. The quantitative estimate of drug-likeness (QED) is 0.219. The molecule has 0 fully saturated rings. The lowest BCUT2D eigenvalue weighted by atomic mass is 10.1. The number of benzene rings is 3. The van der Waals surface area contributed by atoms with Crippen molar-refractivity contribution in [3.05, 3.63) is 110 Å². The summed E-state index contributed by atoms with van der Waals surface area (Å²) in [6.07, 6.45) is 0.629. The lowest BCUT2D eigenvalue weighted by molar-refractivity contribution is 0.0956. The van der Waals surface area contributed by atoms with Gasteiger partial charge < -0.3 is 16.4 Å². The second kappa shape index (κ2) is 11.0. The Morgan fingerprint density at radius 1 is 0.886 bits per heavy atom. The Morgan fingerprint density at radius 2 is 1.49 bits per heavy atom. The fourth-order valence-corrected chi connectivity index (χ4v) is 4.84. The number of carbonyl (C=O) groups is 2. The molecule has 178 valence electrons. The van der Waals surface area contributed by atoms with Gasteiger partial charge in [-0.2, -0.15) is 0 Å². The maximum Gasteiger partial charge on any atom is 0.256 e. The van der Waals surface area contributed by atoms with E-state index in [9.17, 15) is 9.59 Å². The number of nitrogen functional groups attached to an aromatic ring is 1. The van der Waals surface area contributed by atoms with Crippen LogP contribution < -0.4 is 16.4 Å².